The number of piperazine rings is 1. The van der Waals surface area contributed by atoms with Gasteiger partial charge in [-0.3, -0.25) is 0 Å². The van der Waals surface area contributed by atoms with E-state index in [2.05, 4.69) is 10.3 Å². The highest BCUT2D eigenvalue weighted by atomic mass is 35.5. The van der Waals surface area contributed by atoms with Crippen molar-refractivity contribution in [2.75, 3.05) is 38.1 Å². The van der Waals surface area contributed by atoms with Crippen LogP contribution in [0.3, 0.4) is 0 Å². The Balaban J connectivity index is 2.13. The van der Waals surface area contributed by atoms with Gasteiger partial charge in [0.1, 0.15) is 28.3 Å². The number of nitrogens with two attached hydrogens (primary N) is 1. The molecule has 0 radical (unpaired) electrons. The molecule has 0 saturated carbocycles. The van der Waals surface area contributed by atoms with E-state index in [1.54, 1.807) is 16.8 Å². The molecule has 0 aliphatic carbocycles. The van der Waals surface area contributed by atoms with Gasteiger partial charge in [-0.15, -0.1) is 0 Å². The summed E-state index contributed by atoms with van der Waals surface area (Å²) in [6.07, 6.45) is -3.73. The van der Waals surface area contributed by atoms with E-state index < -0.39 is 11.7 Å². The van der Waals surface area contributed by atoms with Crippen LogP contribution >= 0.6 is 23.8 Å². The van der Waals surface area contributed by atoms with Gasteiger partial charge >= 0.3 is 6.18 Å². The highest BCUT2D eigenvalue weighted by Gasteiger charge is 2.32. The number of pyridine rings is 1. The minimum Gasteiger partial charge on any atom is -0.384 e. The number of nitrogens with zero attached hydrogens (tertiary/aromatic N) is 4. The minimum atomic E-state index is -4.49. The van der Waals surface area contributed by atoms with Crippen molar-refractivity contribution in [1.82, 2.24) is 15.2 Å². The maximum atomic E-state index is 12.7. The van der Waals surface area contributed by atoms with Gasteiger partial charge in [-0.25, -0.2) is 4.98 Å². The first-order chi connectivity index (χ1) is 12.2. The van der Waals surface area contributed by atoms with Crippen molar-refractivity contribution in [3.63, 3.8) is 0 Å². The first-order valence-corrected chi connectivity index (χ1v) is 8.32. The molecule has 1 aromatic heterocycles. The van der Waals surface area contributed by atoms with Crippen LogP contribution in [0.4, 0.5) is 19.0 Å². The second-order valence-corrected chi connectivity index (χ2v) is 6.27. The standard InChI is InChI=1S/C15H16ClF3N6S/c1-22-14(26)10(7-20)12(21)24-2-4-25(5-3-24)13-11(16)6-9(8-23-13)15(17,18)19/h6,8H,2-5,21H2,1H3,(H,22,26)/b12-10-. The van der Waals surface area contributed by atoms with Crippen LogP contribution in [0.5, 0.6) is 0 Å². The summed E-state index contributed by atoms with van der Waals surface area (Å²) >= 11 is 11.0. The molecule has 0 aromatic carbocycles. The average Bonchev–Trinajstić information content (AvgIpc) is 2.61. The van der Waals surface area contributed by atoms with Crippen LogP contribution in [0.15, 0.2) is 23.7 Å². The zero-order valence-electron chi connectivity index (χ0n) is 13.8. The fourth-order valence-electron chi connectivity index (χ4n) is 2.49. The Labute approximate surface area is 159 Å². The number of thiocarbonyl (C=S) groups is 1. The molecule has 0 spiro atoms. The second-order valence-electron chi connectivity index (χ2n) is 5.45. The Hall–Kier alpha value is -2.25. The molecule has 2 rings (SSSR count). The SMILES string of the molecule is CNC(=S)/C(C#N)=C(/N)N1CCN(c2ncc(C(F)(F)F)cc2Cl)CC1. The Kier molecular flexibility index (Phi) is 6.15. The van der Waals surface area contributed by atoms with E-state index in [1.165, 1.54) is 0 Å². The summed E-state index contributed by atoms with van der Waals surface area (Å²) in [7, 11) is 1.60. The van der Waals surface area contributed by atoms with Gasteiger partial charge in [-0.05, 0) is 6.07 Å². The largest absolute Gasteiger partial charge is 0.417 e. The molecule has 0 bridgehead atoms. The van der Waals surface area contributed by atoms with Crippen LogP contribution in [-0.4, -0.2) is 48.1 Å². The number of aromatic nitrogens is 1. The number of hydrogen-bond donors (Lipinski definition) is 2. The van der Waals surface area contributed by atoms with E-state index in [-0.39, 0.29) is 27.2 Å². The summed E-state index contributed by atoms with van der Waals surface area (Å²) in [6, 6.07) is 2.84. The Bertz CT molecular complexity index is 766. The number of halogens is 4. The summed E-state index contributed by atoms with van der Waals surface area (Å²) in [5.41, 5.74) is 5.32. The van der Waals surface area contributed by atoms with Crippen molar-refractivity contribution in [3.05, 3.63) is 34.2 Å². The van der Waals surface area contributed by atoms with E-state index in [0.29, 0.717) is 26.2 Å². The molecule has 1 fully saturated rings. The average molecular weight is 405 g/mol. The van der Waals surface area contributed by atoms with E-state index in [0.717, 1.165) is 12.3 Å². The minimum absolute atomic E-state index is 0.0640. The van der Waals surface area contributed by atoms with Crippen LogP contribution < -0.4 is 16.0 Å². The lowest BCUT2D eigenvalue weighted by Crippen LogP contribution is -2.48. The molecular formula is C15H16ClF3N6S. The van der Waals surface area contributed by atoms with Gasteiger partial charge in [-0.1, -0.05) is 23.8 Å². The summed E-state index contributed by atoms with van der Waals surface area (Å²) in [6.45, 7) is 1.76. The van der Waals surface area contributed by atoms with Crippen molar-refractivity contribution in [1.29, 1.82) is 5.26 Å². The quantitative estimate of drug-likeness (QED) is 0.453. The lowest BCUT2D eigenvalue weighted by Gasteiger charge is -2.37. The maximum absolute atomic E-state index is 12.7. The van der Waals surface area contributed by atoms with Gasteiger partial charge in [0.25, 0.3) is 0 Å². The molecule has 1 saturated heterocycles. The molecule has 0 atom stereocenters. The molecule has 11 heteroatoms. The third-order valence-electron chi connectivity index (χ3n) is 3.89. The number of hydrogen-bond acceptors (Lipinski definition) is 6. The van der Waals surface area contributed by atoms with E-state index >= 15 is 0 Å². The molecule has 1 aliphatic rings. The second kappa shape index (κ2) is 7.97. The van der Waals surface area contributed by atoms with Crippen molar-refractivity contribution >= 4 is 34.6 Å². The fourth-order valence-corrected chi connectivity index (χ4v) is 2.92. The zero-order valence-corrected chi connectivity index (χ0v) is 15.3. The van der Waals surface area contributed by atoms with Crippen LogP contribution in [0.1, 0.15) is 5.56 Å². The predicted octanol–water partition coefficient (Wildman–Crippen LogP) is 2.12. The topological polar surface area (TPSA) is 81.2 Å². The third kappa shape index (κ3) is 4.28. The third-order valence-corrected chi connectivity index (χ3v) is 4.58. The molecule has 0 unspecified atom stereocenters. The van der Waals surface area contributed by atoms with Crippen molar-refractivity contribution in [2.24, 2.45) is 5.73 Å². The highest BCUT2D eigenvalue weighted by molar-refractivity contribution is 7.80. The summed E-state index contributed by atoms with van der Waals surface area (Å²) in [4.78, 5) is 7.67. The molecular weight excluding hydrogens is 389 g/mol. The molecule has 140 valence electrons. The molecule has 1 aliphatic heterocycles. The van der Waals surface area contributed by atoms with E-state index in [4.69, 9.17) is 29.6 Å². The van der Waals surface area contributed by atoms with Crippen LogP contribution in [-0.2, 0) is 6.18 Å². The maximum Gasteiger partial charge on any atom is 0.417 e. The predicted molar refractivity (Wildman–Crippen MR) is 96.5 cm³/mol. The molecule has 1 aromatic rings. The highest BCUT2D eigenvalue weighted by Crippen LogP contribution is 2.33. The van der Waals surface area contributed by atoms with Crippen LogP contribution in [0, 0.1) is 11.3 Å². The molecule has 6 nitrogen and oxygen atoms in total. The van der Waals surface area contributed by atoms with E-state index in [1.807, 2.05) is 6.07 Å². The monoisotopic (exact) mass is 404 g/mol. The lowest BCUT2D eigenvalue weighted by atomic mass is 10.2. The number of alkyl halides is 3. The number of nitriles is 1. The lowest BCUT2D eigenvalue weighted by molar-refractivity contribution is -0.137. The Morgan fingerprint density at radius 1 is 1.38 bits per heavy atom. The molecule has 0 amide bonds. The molecule has 3 N–H and O–H groups in total. The van der Waals surface area contributed by atoms with Gasteiger partial charge in [0.2, 0.25) is 0 Å². The van der Waals surface area contributed by atoms with Crippen LogP contribution in [0.25, 0.3) is 0 Å². The number of likely N-dealkylation sites (N-methyl/N-ethyl adjacent to an activating group) is 1. The van der Waals surface area contributed by atoms with Gasteiger partial charge in [-0.2, -0.15) is 18.4 Å². The normalized spacial score (nSPS) is 16.0. The van der Waals surface area contributed by atoms with Gasteiger partial charge < -0.3 is 20.9 Å². The van der Waals surface area contributed by atoms with Crippen molar-refractivity contribution in [2.45, 2.75) is 6.18 Å². The number of anilines is 1. The summed E-state index contributed by atoms with van der Waals surface area (Å²) in [5.74, 6) is 0.547. The van der Waals surface area contributed by atoms with Crippen molar-refractivity contribution in [3.8, 4) is 6.07 Å². The van der Waals surface area contributed by atoms with Crippen molar-refractivity contribution < 1.29 is 13.2 Å². The first-order valence-electron chi connectivity index (χ1n) is 7.53. The van der Waals surface area contributed by atoms with E-state index in [9.17, 15) is 18.4 Å². The van der Waals surface area contributed by atoms with Gasteiger partial charge in [0.15, 0.2) is 0 Å². The Morgan fingerprint density at radius 3 is 2.46 bits per heavy atom. The summed E-state index contributed by atoms with van der Waals surface area (Å²) in [5, 5.41) is 11.9. The number of nitrogens with one attached hydrogen (secondary N) is 1. The zero-order chi connectivity index (χ0) is 19.5. The number of rotatable bonds is 3. The van der Waals surface area contributed by atoms with Gasteiger partial charge in [0.05, 0.1) is 10.6 Å². The first kappa shape index (κ1) is 20.1. The Morgan fingerprint density at radius 2 is 2.00 bits per heavy atom. The molecule has 2 heterocycles. The smallest absolute Gasteiger partial charge is 0.384 e. The van der Waals surface area contributed by atoms with Gasteiger partial charge in [0, 0.05) is 39.4 Å². The molecule has 26 heavy (non-hydrogen) atoms. The fraction of sp³-hybridized carbons (Fsp3) is 0.400. The van der Waals surface area contributed by atoms with Crippen LogP contribution in [0.2, 0.25) is 5.02 Å². The summed E-state index contributed by atoms with van der Waals surface area (Å²) < 4.78 is 38.1.